The third kappa shape index (κ3) is 4.84. The Bertz CT molecular complexity index is 1290. The van der Waals surface area contributed by atoms with Gasteiger partial charge in [0, 0.05) is 12.0 Å². The summed E-state index contributed by atoms with van der Waals surface area (Å²) in [6, 6.07) is 22.6. The lowest BCUT2D eigenvalue weighted by molar-refractivity contribution is -0.605. The first-order valence-corrected chi connectivity index (χ1v) is 11.7. The molecule has 1 amide bonds. The van der Waals surface area contributed by atoms with Gasteiger partial charge in [0.1, 0.15) is 5.56 Å². The van der Waals surface area contributed by atoms with Crippen LogP contribution in [0.2, 0.25) is 0 Å². The fourth-order valence-electron chi connectivity index (χ4n) is 4.79. The van der Waals surface area contributed by atoms with Crippen molar-refractivity contribution in [2.24, 2.45) is 11.0 Å². The number of hydrogen-bond acceptors (Lipinski definition) is 5. The molecule has 2 aromatic carbocycles. The number of hydrogen-bond donors (Lipinski definition) is 0. The maximum absolute atomic E-state index is 13.3. The van der Waals surface area contributed by atoms with Crippen LogP contribution < -0.4 is 4.73 Å². The number of carbonyl (C=O) groups excluding carboxylic acids is 2. The Morgan fingerprint density at radius 3 is 2.54 bits per heavy atom. The second kappa shape index (κ2) is 9.93. The molecule has 1 aromatic heterocycles. The first-order chi connectivity index (χ1) is 17.1. The fourth-order valence-corrected chi connectivity index (χ4v) is 4.79. The highest BCUT2D eigenvalue weighted by atomic mass is 16.5. The zero-order chi connectivity index (χ0) is 24.2. The molecule has 1 saturated carbocycles. The Labute approximate surface area is 203 Å². The van der Waals surface area contributed by atoms with E-state index in [0.29, 0.717) is 4.73 Å². The summed E-state index contributed by atoms with van der Waals surface area (Å²) >= 11 is 0. The van der Waals surface area contributed by atoms with Gasteiger partial charge in [0.25, 0.3) is 5.91 Å². The smallest absolute Gasteiger partial charge is 0.344 e. The van der Waals surface area contributed by atoms with Crippen LogP contribution in [0.15, 0.2) is 95.9 Å². The van der Waals surface area contributed by atoms with Gasteiger partial charge in [-0.1, -0.05) is 60.7 Å². The number of carbonyl (C=O) groups is 2. The molecule has 1 aliphatic heterocycles. The van der Waals surface area contributed by atoms with Crippen molar-refractivity contribution in [1.29, 1.82) is 0 Å². The minimum atomic E-state index is -0.728. The Morgan fingerprint density at radius 1 is 1.06 bits per heavy atom. The van der Waals surface area contributed by atoms with Crippen molar-refractivity contribution in [2.75, 3.05) is 6.61 Å². The number of nitrogens with zero attached hydrogens (tertiary/aromatic N) is 3. The van der Waals surface area contributed by atoms with Crippen molar-refractivity contribution in [3.63, 3.8) is 0 Å². The summed E-state index contributed by atoms with van der Waals surface area (Å²) in [5, 5.41) is 17.7. The van der Waals surface area contributed by atoms with Gasteiger partial charge in [0.2, 0.25) is 0 Å². The van der Waals surface area contributed by atoms with E-state index in [2.05, 4.69) is 18.2 Å². The van der Waals surface area contributed by atoms with Gasteiger partial charge in [0.05, 0.1) is 11.8 Å². The molecule has 0 N–H and O–H groups in total. The largest absolute Gasteiger partial charge is 0.619 e. The number of pyridine rings is 1. The van der Waals surface area contributed by atoms with Crippen molar-refractivity contribution >= 4 is 23.7 Å². The molecule has 2 unspecified atom stereocenters. The molecule has 176 valence electrons. The SMILES string of the molecule is O=C(OCC(=O)N1N=C2/C(=C/c3ccccc3)CCCC2C1c1ccccc1)c1ccc[n+]([O-])c1. The van der Waals surface area contributed by atoms with E-state index in [9.17, 15) is 14.8 Å². The standard InChI is InChI=1S/C28H25N3O4/c32-25(19-35-28(33)23-14-8-16-30(34)18-23)31-27(21-11-5-2-6-12-21)24-15-7-13-22(26(24)29-31)17-20-9-3-1-4-10-20/h1-6,8-12,14,16-18,24,27H,7,13,15,19H2/b22-17+. The molecule has 2 aliphatic rings. The summed E-state index contributed by atoms with van der Waals surface area (Å²) in [6.45, 7) is -0.461. The Hall–Kier alpha value is -4.26. The van der Waals surface area contributed by atoms with Crippen LogP contribution in [0, 0.1) is 11.1 Å². The van der Waals surface area contributed by atoms with Crippen LogP contribution >= 0.6 is 0 Å². The van der Waals surface area contributed by atoms with E-state index in [1.54, 1.807) is 0 Å². The van der Waals surface area contributed by atoms with E-state index in [0.717, 1.165) is 47.9 Å². The number of amides is 1. The fraction of sp³-hybridized carbons (Fsp3) is 0.214. The summed E-state index contributed by atoms with van der Waals surface area (Å²) in [5.41, 5.74) is 4.23. The van der Waals surface area contributed by atoms with Crippen molar-refractivity contribution in [1.82, 2.24) is 5.01 Å². The molecule has 5 rings (SSSR count). The summed E-state index contributed by atoms with van der Waals surface area (Å²) in [5.74, 6) is -1.07. The summed E-state index contributed by atoms with van der Waals surface area (Å²) in [4.78, 5) is 25.7. The van der Waals surface area contributed by atoms with Gasteiger partial charge in [-0.3, -0.25) is 4.79 Å². The van der Waals surface area contributed by atoms with E-state index >= 15 is 0 Å². The molecule has 0 radical (unpaired) electrons. The summed E-state index contributed by atoms with van der Waals surface area (Å²) in [6.07, 6.45) is 7.36. The third-order valence-electron chi connectivity index (χ3n) is 6.38. The molecule has 2 heterocycles. The van der Waals surface area contributed by atoms with E-state index in [1.165, 1.54) is 23.3 Å². The Balaban J connectivity index is 1.42. The third-order valence-corrected chi connectivity index (χ3v) is 6.38. The van der Waals surface area contributed by atoms with Gasteiger partial charge in [-0.2, -0.15) is 9.83 Å². The lowest BCUT2D eigenvalue weighted by atomic mass is 9.77. The molecule has 0 bridgehead atoms. The molecule has 7 nitrogen and oxygen atoms in total. The molecule has 7 heteroatoms. The zero-order valence-corrected chi connectivity index (χ0v) is 19.1. The van der Waals surface area contributed by atoms with Gasteiger partial charge < -0.3 is 9.94 Å². The lowest BCUT2D eigenvalue weighted by Gasteiger charge is -2.29. The van der Waals surface area contributed by atoms with Crippen LogP contribution in [-0.4, -0.2) is 29.2 Å². The molecule has 3 aromatic rings. The van der Waals surface area contributed by atoms with E-state index in [1.807, 2.05) is 48.5 Å². The van der Waals surface area contributed by atoms with E-state index < -0.39 is 18.5 Å². The van der Waals surface area contributed by atoms with Crippen LogP contribution in [0.3, 0.4) is 0 Å². The lowest BCUT2D eigenvalue weighted by Crippen LogP contribution is -2.34. The number of benzene rings is 2. The molecule has 1 fully saturated rings. The topological polar surface area (TPSA) is 85.9 Å². The zero-order valence-electron chi connectivity index (χ0n) is 19.1. The maximum atomic E-state index is 13.3. The second-order valence-electron chi connectivity index (χ2n) is 8.69. The normalized spacial score (nSPS) is 20.3. The Morgan fingerprint density at radius 2 is 1.80 bits per heavy atom. The number of fused-ring (bicyclic) bond motifs is 1. The van der Waals surface area contributed by atoms with Gasteiger partial charge in [-0.05, 0) is 48.1 Å². The van der Waals surface area contributed by atoms with Crippen LogP contribution in [0.1, 0.15) is 46.8 Å². The molecule has 0 saturated heterocycles. The predicted molar refractivity (Wildman–Crippen MR) is 131 cm³/mol. The number of rotatable bonds is 5. The van der Waals surface area contributed by atoms with E-state index in [-0.39, 0.29) is 17.5 Å². The number of ether oxygens (including phenoxy) is 1. The van der Waals surface area contributed by atoms with Crippen molar-refractivity contribution in [3.8, 4) is 0 Å². The van der Waals surface area contributed by atoms with Gasteiger partial charge >= 0.3 is 5.97 Å². The molecule has 1 aliphatic carbocycles. The molecule has 2 atom stereocenters. The number of allylic oxidation sites excluding steroid dienone is 1. The average Bonchev–Trinajstić information content (AvgIpc) is 3.29. The van der Waals surface area contributed by atoms with E-state index in [4.69, 9.17) is 9.84 Å². The first kappa shape index (κ1) is 22.5. The monoisotopic (exact) mass is 467 g/mol. The highest BCUT2D eigenvalue weighted by Crippen LogP contribution is 2.44. The maximum Gasteiger partial charge on any atom is 0.344 e. The van der Waals surface area contributed by atoms with Crippen LogP contribution in [0.4, 0.5) is 0 Å². The van der Waals surface area contributed by atoms with Crippen LogP contribution in [-0.2, 0) is 9.53 Å². The van der Waals surface area contributed by atoms with Gasteiger partial charge in [0.15, 0.2) is 19.0 Å². The molecular formula is C28H25N3O4. The second-order valence-corrected chi connectivity index (χ2v) is 8.69. The van der Waals surface area contributed by atoms with Gasteiger partial charge in [-0.15, -0.1) is 0 Å². The quantitative estimate of drug-likeness (QED) is 0.318. The predicted octanol–water partition coefficient (Wildman–Crippen LogP) is 4.30. The number of esters is 1. The van der Waals surface area contributed by atoms with Crippen molar-refractivity contribution < 1.29 is 19.1 Å². The number of aromatic nitrogens is 1. The highest BCUT2D eigenvalue weighted by Gasteiger charge is 2.43. The number of hydrazone groups is 1. The van der Waals surface area contributed by atoms with Gasteiger partial charge in [-0.25, -0.2) is 9.80 Å². The summed E-state index contributed by atoms with van der Waals surface area (Å²) in [7, 11) is 0. The summed E-state index contributed by atoms with van der Waals surface area (Å²) < 4.78 is 5.77. The van der Waals surface area contributed by atoms with Crippen LogP contribution in [0.25, 0.3) is 6.08 Å². The van der Waals surface area contributed by atoms with Crippen molar-refractivity contribution in [3.05, 3.63) is 113 Å². The molecule has 0 spiro atoms. The Kier molecular flexibility index (Phi) is 6.39. The van der Waals surface area contributed by atoms with Crippen molar-refractivity contribution in [2.45, 2.75) is 25.3 Å². The molecule has 35 heavy (non-hydrogen) atoms. The highest BCUT2D eigenvalue weighted by molar-refractivity contribution is 6.08. The van der Waals surface area contributed by atoms with Crippen LogP contribution in [0.5, 0.6) is 0 Å². The minimum Gasteiger partial charge on any atom is -0.619 e. The first-order valence-electron chi connectivity index (χ1n) is 11.7. The average molecular weight is 468 g/mol. The minimum absolute atomic E-state index is 0.0642. The molecular weight excluding hydrogens is 442 g/mol.